The van der Waals surface area contributed by atoms with Gasteiger partial charge in [-0.3, -0.25) is 4.79 Å². The molecule has 0 aliphatic heterocycles. The van der Waals surface area contributed by atoms with E-state index in [1.807, 2.05) is 73.7 Å². The van der Waals surface area contributed by atoms with Crippen LogP contribution in [-0.4, -0.2) is 25.3 Å². The maximum absolute atomic E-state index is 12.0. The van der Waals surface area contributed by atoms with E-state index >= 15 is 0 Å². The highest BCUT2D eigenvalue weighted by atomic mass is 16.5. The molecule has 0 atom stereocenters. The molecule has 0 bridgehead atoms. The van der Waals surface area contributed by atoms with Crippen LogP contribution in [-0.2, 0) is 4.79 Å². The van der Waals surface area contributed by atoms with E-state index in [9.17, 15) is 4.79 Å². The fourth-order valence-corrected chi connectivity index (χ4v) is 2.64. The summed E-state index contributed by atoms with van der Waals surface area (Å²) >= 11 is 0. The molecule has 3 rings (SSSR count). The van der Waals surface area contributed by atoms with Gasteiger partial charge in [-0.2, -0.15) is 5.10 Å². The molecular formula is C21H21N3O2. The van der Waals surface area contributed by atoms with Gasteiger partial charge in [0, 0.05) is 11.3 Å². The van der Waals surface area contributed by atoms with Gasteiger partial charge in [0.25, 0.3) is 5.91 Å². The molecule has 0 unspecified atom stereocenters. The van der Waals surface area contributed by atoms with Crippen molar-refractivity contribution in [2.24, 2.45) is 5.10 Å². The number of para-hydroxylation sites is 1. The quantitative estimate of drug-likeness (QED) is 0.505. The highest BCUT2D eigenvalue weighted by Gasteiger charge is 2.07. The number of amides is 1. The average Bonchev–Trinajstić information content (AvgIpc) is 2.69. The molecule has 5 heteroatoms. The number of fused-ring (bicyclic) bond motifs is 1. The van der Waals surface area contributed by atoms with Gasteiger partial charge >= 0.3 is 0 Å². The SMILES string of the molecule is CCOc1ccc2ccccc2c1/C=N\NC(=O)CNc1ccccc1. The molecule has 1 amide bonds. The fraction of sp³-hybridized carbons (Fsp3) is 0.143. The van der Waals surface area contributed by atoms with Crippen molar-refractivity contribution in [2.75, 3.05) is 18.5 Å². The van der Waals surface area contributed by atoms with Crippen molar-refractivity contribution < 1.29 is 9.53 Å². The second-order valence-electron chi connectivity index (χ2n) is 5.64. The molecule has 0 aromatic heterocycles. The number of hydrogen-bond acceptors (Lipinski definition) is 4. The van der Waals surface area contributed by atoms with Crippen molar-refractivity contribution in [3.63, 3.8) is 0 Å². The van der Waals surface area contributed by atoms with E-state index in [0.29, 0.717) is 6.61 Å². The number of carbonyl (C=O) groups is 1. The number of benzene rings is 3. The molecule has 132 valence electrons. The minimum Gasteiger partial charge on any atom is -0.493 e. The van der Waals surface area contributed by atoms with Crippen molar-refractivity contribution >= 4 is 28.6 Å². The first-order valence-electron chi connectivity index (χ1n) is 8.53. The number of nitrogens with one attached hydrogen (secondary N) is 2. The zero-order valence-electron chi connectivity index (χ0n) is 14.6. The van der Waals surface area contributed by atoms with Crippen molar-refractivity contribution in [3.05, 3.63) is 72.3 Å². The molecule has 0 spiro atoms. The third-order valence-corrected chi connectivity index (χ3v) is 3.84. The highest BCUT2D eigenvalue weighted by Crippen LogP contribution is 2.26. The van der Waals surface area contributed by atoms with Gasteiger partial charge in [-0.1, -0.05) is 48.5 Å². The number of ether oxygens (including phenoxy) is 1. The number of nitrogens with zero attached hydrogens (tertiary/aromatic N) is 1. The van der Waals surface area contributed by atoms with Gasteiger partial charge in [-0.05, 0) is 35.9 Å². The molecular weight excluding hydrogens is 326 g/mol. The summed E-state index contributed by atoms with van der Waals surface area (Å²) in [6, 6.07) is 21.5. The van der Waals surface area contributed by atoms with Crippen LogP contribution in [0.25, 0.3) is 10.8 Å². The minimum absolute atomic E-state index is 0.148. The monoisotopic (exact) mass is 347 g/mol. The number of anilines is 1. The van der Waals surface area contributed by atoms with E-state index < -0.39 is 0 Å². The first-order chi connectivity index (χ1) is 12.8. The molecule has 3 aromatic carbocycles. The standard InChI is InChI=1S/C21H21N3O2/c1-2-26-20-13-12-16-8-6-7-11-18(16)19(20)14-23-24-21(25)15-22-17-9-4-3-5-10-17/h3-14,22H,2,15H2,1H3,(H,24,25)/b23-14-. The molecule has 0 aliphatic rings. The lowest BCUT2D eigenvalue weighted by Gasteiger charge is -2.10. The minimum atomic E-state index is -0.219. The normalized spacial score (nSPS) is 10.8. The van der Waals surface area contributed by atoms with Crippen LogP contribution in [0.2, 0.25) is 0 Å². The molecule has 0 aliphatic carbocycles. The van der Waals surface area contributed by atoms with Crippen molar-refractivity contribution in [2.45, 2.75) is 6.92 Å². The Kier molecular flexibility index (Phi) is 5.83. The van der Waals surface area contributed by atoms with E-state index in [2.05, 4.69) is 15.8 Å². The molecule has 0 heterocycles. The summed E-state index contributed by atoms with van der Waals surface area (Å²) in [4.78, 5) is 12.0. The topological polar surface area (TPSA) is 62.7 Å². The molecule has 5 nitrogen and oxygen atoms in total. The molecule has 0 fully saturated rings. The van der Waals surface area contributed by atoms with E-state index in [1.165, 1.54) is 0 Å². The Morgan fingerprint density at radius 3 is 2.62 bits per heavy atom. The summed E-state index contributed by atoms with van der Waals surface area (Å²) in [6.45, 7) is 2.65. The Hall–Kier alpha value is -3.34. The van der Waals surface area contributed by atoms with Crippen molar-refractivity contribution in [1.82, 2.24) is 5.43 Å². The molecule has 0 saturated carbocycles. The van der Waals surface area contributed by atoms with Gasteiger partial charge in [0.2, 0.25) is 0 Å². The Bertz CT molecular complexity index is 908. The summed E-state index contributed by atoms with van der Waals surface area (Å²) in [6.07, 6.45) is 1.63. The van der Waals surface area contributed by atoms with Crippen LogP contribution in [0.4, 0.5) is 5.69 Å². The van der Waals surface area contributed by atoms with Crippen LogP contribution in [0.15, 0.2) is 71.8 Å². The maximum Gasteiger partial charge on any atom is 0.259 e. The summed E-state index contributed by atoms with van der Waals surface area (Å²) in [5.74, 6) is 0.523. The molecule has 0 saturated heterocycles. The van der Waals surface area contributed by atoms with Crippen LogP contribution < -0.4 is 15.5 Å². The average molecular weight is 347 g/mol. The molecule has 2 N–H and O–H groups in total. The number of carbonyl (C=O) groups excluding carboxylic acids is 1. The smallest absolute Gasteiger partial charge is 0.259 e. The second kappa shape index (κ2) is 8.67. The van der Waals surface area contributed by atoms with Crippen LogP contribution in [0.5, 0.6) is 5.75 Å². The van der Waals surface area contributed by atoms with Crippen LogP contribution in [0, 0.1) is 0 Å². The third kappa shape index (κ3) is 4.39. The van der Waals surface area contributed by atoms with Gasteiger partial charge in [-0.15, -0.1) is 0 Å². The summed E-state index contributed by atoms with van der Waals surface area (Å²) in [5.41, 5.74) is 4.28. The van der Waals surface area contributed by atoms with E-state index in [4.69, 9.17) is 4.74 Å². The summed E-state index contributed by atoms with van der Waals surface area (Å²) < 4.78 is 5.69. The van der Waals surface area contributed by atoms with E-state index in [0.717, 1.165) is 27.8 Å². The zero-order valence-corrected chi connectivity index (χ0v) is 14.6. The highest BCUT2D eigenvalue weighted by molar-refractivity contribution is 6.02. The molecule has 3 aromatic rings. The first kappa shape index (κ1) is 17.5. The van der Waals surface area contributed by atoms with Gasteiger partial charge in [-0.25, -0.2) is 5.43 Å². The zero-order chi connectivity index (χ0) is 18.2. The first-order valence-corrected chi connectivity index (χ1v) is 8.53. The number of rotatable bonds is 7. The largest absolute Gasteiger partial charge is 0.493 e. The lowest BCUT2D eigenvalue weighted by Crippen LogP contribution is -2.25. The Morgan fingerprint density at radius 2 is 1.81 bits per heavy atom. The van der Waals surface area contributed by atoms with E-state index in [-0.39, 0.29) is 12.5 Å². The maximum atomic E-state index is 12.0. The number of hydrazone groups is 1. The summed E-state index contributed by atoms with van der Waals surface area (Å²) in [5, 5.41) is 9.26. The van der Waals surface area contributed by atoms with Crippen molar-refractivity contribution in [1.29, 1.82) is 0 Å². The summed E-state index contributed by atoms with van der Waals surface area (Å²) in [7, 11) is 0. The molecule has 0 radical (unpaired) electrons. The van der Waals surface area contributed by atoms with Crippen LogP contribution >= 0.6 is 0 Å². The fourth-order valence-electron chi connectivity index (χ4n) is 2.64. The Morgan fingerprint density at radius 1 is 1.04 bits per heavy atom. The van der Waals surface area contributed by atoms with Gasteiger partial charge in [0.05, 0.1) is 19.4 Å². The predicted octanol–water partition coefficient (Wildman–Crippen LogP) is 3.80. The number of hydrogen-bond donors (Lipinski definition) is 2. The molecule has 26 heavy (non-hydrogen) atoms. The van der Waals surface area contributed by atoms with Gasteiger partial charge in [0.1, 0.15) is 5.75 Å². The van der Waals surface area contributed by atoms with Crippen LogP contribution in [0.1, 0.15) is 12.5 Å². The lowest BCUT2D eigenvalue weighted by molar-refractivity contribution is -0.119. The van der Waals surface area contributed by atoms with Crippen LogP contribution in [0.3, 0.4) is 0 Å². The Balaban J connectivity index is 1.69. The third-order valence-electron chi connectivity index (χ3n) is 3.84. The van der Waals surface area contributed by atoms with Crippen molar-refractivity contribution in [3.8, 4) is 5.75 Å². The Labute approximate surface area is 152 Å². The lowest BCUT2D eigenvalue weighted by atomic mass is 10.0. The van der Waals surface area contributed by atoms with E-state index in [1.54, 1.807) is 6.21 Å². The van der Waals surface area contributed by atoms with Gasteiger partial charge in [0.15, 0.2) is 0 Å². The van der Waals surface area contributed by atoms with Gasteiger partial charge < -0.3 is 10.1 Å². The second-order valence-corrected chi connectivity index (χ2v) is 5.64. The predicted molar refractivity (Wildman–Crippen MR) is 106 cm³/mol.